The number of aryl methyl sites for hydroxylation is 4. The summed E-state index contributed by atoms with van der Waals surface area (Å²) in [6, 6.07) is 6.38. The van der Waals surface area contributed by atoms with Gasteiger partial charge in [0.1, 0.15) is 6.04 Å². The quantitative estimate of drug-likeness (QED) is 0.854. The summed E-state index contributed by atoms with van der Waals surface area (Å²) in [5.41, 5.74) is 3.76. The van der Waals surface area contributed by atoms with Crippen LogP contribution in [0, 0.1) is 20.8 Å². The lowest BCUT2D eigenvalue weighted by molar-refractivity contribution is -0.134. The van der Waals surface area contributed by atoms with Gasteiger partial charge in [0.25, 0.3) is 0 Å². The van der Waals surface area contributed by atoms with Crippen molar-refractivity contribution in [2.45, 2.75) is 39.7 Å². The maximum atomic E-state index is 12.7. The molecule has 1 aliphatic rings. The third kappa shape index (κ3) is 4.07. The van der Waals surface area contributed by atoms with Crippen molar-refractivity contribution < 1.29 is 9.32 Å². The highest BCUT2D eigenvalue weighted by Crippen LogP contribution is 2.23. The minimum atomic E-state index is -0.0278. The second-order valence-electron chi connectivity index (χ2n) is 6.95. The Kier molecular flexibility index (Phi) is 5.18. The molecule has 1 atom stereocenters. The Morgan fingerprint density at radius 1 is 1.28 bits per heavy atom. The van der Waals surface area contributed by atoms with Crippen molar-refractivity contribution in [2.24, 2.45) is 0 Å². The molecule has 3 rings (SSSR count). The normalized spacial score (nSPS) is 18.6. The lowest BCUT2D eigenvalue weighted by atomic mass is 10.0. The third-order valence-electron chi connectivity index (χ3n) is 4.94. The second kappa shape index (κ2) is 7.35. The van der Waals surface area contributed by atoms with Crippen LogP contribution in [-0.2, 0) is 11.2 Å². The summed E-state index contributed by atoms with van der Waals surface area (Å²) in [5.74, 6) is 1.41. The Morgan fingerprint density at radius 3 is 2.76 bits per heavy atom. The van der Waals surface area contributed by atoms with E-state index in [1.54, 1.807) is 0 Å². The average Bonchev–Trinajstić information content (AvgIpc) is 3.00. The summed E-state index contributed by atoms with van der Waals surface area (Å²) in [5, 5.41) is 3.87. The van der Waals surface area contributed by atoms with E-state index in [-0.39, 0.29) is 11.9 Å². The lowest BCUT2D eigenvalue weighted by Gasteiger charge is -2.37. The molecule has 25 heavy (non-hydrogen) atoms. The molecule has 1 aliphatic heterocycles. The molecule has 0 spiro atoms. The Labute approximate surface area is 148 Å². The molecule has 1 aromatic carbocycles. The Balaban J connectivity index is 1.62. The first-order chi connectivity index (χ1) is 11.9. The predicted octanol–water partition coefficient (Wildman–Crippen LogP) is 2.44. The SMILES string of the molecule is Cc1ccc(CCC(=O)N2CCN(C)[C@H](c3nc(C)no3)C2)c(C)c1. The predicted molar refractivity (Wildman–Crippen MR) is 95.2 cm³/mol. The molecule has 2 heterocycles. The Bertz CT molecular complexity index is 756. The van der Waals surface area contributed by atoms with Crippen LogP contribution in [0.5, 0.6) is 0 Å². The zero-order chi connectivity index (χ0) is 18.0. The average molecular weight is 342 g/mol. The fourth-order valence-corrected chi connectivity index (χ4v) is 3.34. The van der Waals surface area contributed by atoms with Crippen molar-refractivity contribution in [3.8, 4) is 0 Å². The standard InChI is InChI=1S/C19H26N4O2/c1-13-5-6-16(14(2)11-13)7-8-18(24)23-10-9-22(4)17(12-23)19-20-15(3)21-25-19/h5-6,11,17H,7-10,12H2,1-4H3/t17-/m0/s1. The number of carbonyl (C=O) groups is 1. The molecule has 1 fully saturated rings. The molecule has 1 aromatic heterocycles. The first-order valence-electron chi connectivity index (χ1n) is 8.78. The van der Waals surface area contributed by atoms with Gasteiger partial charge >= 0.3 is 0 Å². The first kappa shape index (κ1) is 17.6. The van der Waals surface area contributed by atoms with Gasteiger partial charge in [0.15, 0.2) is 5.82 Å². The fraction of sp³-hybridized carbons (Fsp3) is 0.526. The zero-order valence-corrected chi connectivity index (χ0v) is 15.5. The van der Waals surface area contributed by atoms with Crippen LogP contribution in [0.1, 0.15) is 40.9 Å². The van der Waals surface area contributed by atoms with Gasteiger partial charge in [0.2, 0.25) is 11.8 Å². The largest absolute Gasteiger partial charge is 0.339 e. The van der Waals surface area contributed by atoms with E-state index in [1.165, 1.54) is 16.7 Å². The molecule has 1 saturated heterocycles. The van der Waals surface area contributed by atoms with Gasteiger partial charge in [-0.05, 0) is 45.4 Å². The highest BCUT2D eigenvalue weighted by molar-refractivity contribution is 5.76. The molecule has 0 saturated carbocycles. The number of piperazine rings is 1. The number of benzene rings is 1. The first-order valence-corrected chi connectivity index (χ1v) is 8.78. The zero-order valence-electron chi connectivity index (χ0n) is 15.5. The minimum Gasteiger partial charge on any atom is -0.339 e. The minimum absolute atomic E-state index is 0.0278. The van der Waals surface area contributed by atoms with Crippen LogP contribution >= 0.6 is 0 Å². The van der Waals surface area contributed by atoms with Gasteiger partial charge in [-0.1, -0.05) is 28.9 Å². The highest BCUT2D eigenvalue weighted by Gasteiger charge is 2.31. The summed E-state index contributed by atoms with van der Waals surface area (Å²) < 4.78 is 5.32. The van der Waals surface area contributed by atoms with Crippen molar-refractivity contribution in [1.29, 1.82) is 0 Å². The Morgan fingerprint density at radius 2 is 2.08 bits per heavy atom. The molecule has 0 radical (unpaired) electrons. The molecular weight excluding hydrogens is 316 g/mol. The van der Waals surface area contributed by atoms with Crippen LogP contribution < -0.4 is 0 Å². The summed E-state index contributed by atoms with van der Waals surface area (Å²) in [4.78, 5) is 21.1. The lowest BCUT2D eigenvalue weighted by Crippen LogP contribution is -2.49. The third-order valence-corrected chi connectivity index (χ3v) is 4.94. The molecule has 0 bridgehead atoms. The van der Waals surface area contributed by atoms with Crippen LogP contribution in [0.3, 0.4) is 0 Å². The highest BCUT2D eigenvalue weighted by atomic mass is 16.5. The van der Waals surface area contributed by atoms with Gasteiger partial charge in [-0.25, -0.2) is 0 Å². The van der Waals surface area contributed by atoms with Crippen LogP contribution in [0.4, 0.5) is 0 Å². The Hall–Kier alpha value is -2.21. The van der Waals surface area contributed by atoms with Crippen LogP contribution in [0.15, 0.2) is 22.7 Å². The summed E-state index contributed by atoms with van der Waals surface area (Å²) >= 11 is 0. The number of hydrogen-bond donors (Lipinski definition) is 0. The maximum Gasteiger partial charge on any atom is 0.245 e. The second-order valence-corrected chi connectivity index (χ2v) is 6.95. The number of rotatable bonds is 4. The van der Waals surface area contributed by atoms with E-state index in [0.717, 1.165) is 19.5 Å². The number of aromatic nitrogens is 2. The van der Waals surface area contributed by atoms with E-state index in [9.17, 15) is 4.79 Å². The van der Waals surface area contributed by atoms with E-state index < -0.39 is 0 Å². The van der Waals surface area contributed by atoms with Crippen molar-refractivity contribution in [3.05, 3.63) is 46.6 Å². The van der Waals surface area contributed by atoms with Crippen molar-refractivity contribution in [2.75, 3.05) is 26.7 Å². The maximum absolute atomic E-state index is 12.7. The smallest absolute Gasteiger partial charge is 0.245 e. The molecule has 2 aromatic rings. The summed E-state index contributed by atoms with van der Waals surface area (Å²) in [6.07, 6.45) is 1.31. The van der Waals surface area contributed by atoms with E-state index >= 15 is 0 Å². The van der Waals surface area contributed by atoms with Gasteiger partial charge in [-0.15, -0.1) is 0 Å². The van der Waals surface area contributed by atoms with Gasteiger partial charge in [0.05, 0.1) is 0 Å². The molecular formula is C19H26N4O2. The monoisotopic (exact) mass is 342 g/mol. The summed E-state index contributed by atoms with van der Waals surface area (Å²) in [6.45, 7) is 8.15. The van der Waals surface area contributed by atoms with Gasteiger partial charge in [-0.3, -0.25) is 9.69 Å². The van der Waals surface area contributed by atoms with Gasteiger partial charge < -0.3 is 9.42 Å². The van der Waals surface area contributed by atoms with E-state index in [2.05, 4.69) is 47.1 Å². The molecule has 0 aliphatic carbocycles. The van der Waals surface area contributed by atoms with Crippen LogP contribution in [0.25, 0.3) is 0 Å². The number of likely N-dealkylation sites (N-methyl/N-ethyl adjacent to an activating group) is 1. The molecule has 6 nitrogen and oxygen atoms in total. The molecule has 6 heteroatoms. The summed E-state index contributed by atoms with van der Waals surface area (Å²) in [7, 11) is 2.03. The topological polar surface area (TPSA) is 62.5 Å². The van der Waals surface area contributed by atoms with E-state index in [0.29, 0.717) is 24.7 Å². The van der Waals surface area contributed by atoms with Crippen LogP contribution in [0.2, 0.25) is 0 Å². The molecule has 0 N–H and O–H groups in total. The molecule has 1 amide bonds. The molecule has 0 unspecified atom stereocenters. The van der Waals surface area contributed by atoms with Crippen LogP contribution in [-0.4, -0.2) is 52.5 Å². The number of hydrogen-bond acceptors (Lipinski definition) is 5. The number of nitrogens with zero attached hydrogens (tertiary/aromatic N) is 4. The van der Waals surface area contributed by atoms with Gasteiger partial charge in [0, 0.05) is 26.1 Å². The van der Waals surface area contributed by atoms with Gasteiger partial charge in [-0.2, -0.15) is 4.98 Å². The van der Waals surface area contributed by atoms with Crippen molar-refractivity contribution >= 4 is 5.91 Å². The van der Waals surface area contributed by atoms with Crippen molar-refractivity contribution in [3.63, 3.8) is 0 Å². The molecule has 134 valence electrons. The number of amides is 1. The number of carbonyl (C=O) groups excluding carboxylic acids is 1. The van der Waals surface area contributed by atoms with E-state index in [1.807, 2.05) is 18.9 Å². The van der Waals surface area contributed by atoms with E-state index in [4.69, 9.17) is 4.52 Å². The fourth-order valence-electron chi connectivity index (χ4n) is 3.34. The van der Waals surface area contributed by atoms with Crippen molar-refractivity contribution in [1.82, 2.24) is 19.9 Å².